The van der Waals surface area contributed by atoms with Gasteiger partial charge in [-0.15, -0.1) is 0 Å². The second kappa shape index (κ2) is 7.47. The molecule has 0 bridgehead atoms. The molecule has 4 N–H and O–H groups in total. The van der Waals surface area contributed by atoms with E-state index in [1.807, 2.05) is 0 Å². The van der Waals surface area contributed by atoms with Crippen molar-refractivity contribution in [3.63, 3.8) is 0 Å². The zero-order valence-corrected chi connectivity index (χ0v) is 12.4. The average molecular weight is 312 g/mol. The molecule has 0 saturated heterocycles. The van der Waals surface area contributed by atoms with Crippen LogP contribution in [0.5, 0.6) is 0 Å². The number of ether oxygens (including phenoxy) is 1. The summed E-state index contributed by atoms with van der Waals surface area (Å²) in [5, 5.41) is 0. The Morgan fingerprint density at radius 2 is 2.19 bits per heavy atom. The van der Waals surface area contributed by atoms with Crippen LogP contribution in [0.2, 0.25) is 0 Å². The SMILES string of the molecule is CC(C)OC(=O)NS(=O)(=O)Nc1cccc(C#CCN)n1. The first-order chi connectivity index (χ1) is 9.82. The van der Waals surface area contributed by atoms with Gasteiger partial charge in [0.05, 0.1) is 12.6 Å². The zero-order chi connectivity index (χ0) is 15.9. The van der Waals surface area contributed by atoms with Crippen molar-refractivity contribution in [2.45, 2.75) is 20.0 Å². The highest BCUT2D eigenvalue weighted by atomic mass is 32.2. The van der Waals surface area contributed by atoms with Gasteiger partial charge in [-0.1, -0.05) is 12.0 Å². The maximum atomic E-state index is 11.7. The molecule has 1 heterocycles. The lowest BCUT2D eigenvalue weighted by molar-refractivity contribution is 0.121. The normalized spacial score (nSPS) is 10.5. The van der Waals surface area contributed by atoms with E-state index in [1.165, 1.54) is 6.07 Å². The number of carbonyl (C=O) groups is 1. The van der Waals surface area contributed by atoms with Crippen molar-refractivity contribution >= 4 is 22.1 Å². The Balaban J connectivity index is 2.77. The van der Waals surface area contributed by atoms with E-state index in [2.05, 4.69) is 26.3 Å². The first-order valence-corrected chi connectivity index (χ1v) is 7.48. The van der Waals surface area contributed by atoms with E-state index >= 15 is 0 Å². The number of nitrogens with two attached hydrogens (primary N) is 1. The smallest absolute Gasteiger partial charge is 0.422 e. The summed E-state index contributed by atoms with van der Waals surface area (Å²) in [6, 6.07) is 4.58. The highest BCUT2D eigenvalue weighted by Crippen LogP contribution is 2.06. The molecule has 0 aliphatic carbocycles. The fraction of sp³-hybridized carbons (Fsp3) is 0.333. The number of rotatable bonds is 4. The Bertz CT molecular complexity index is 661. The number of hydrogen-bond acceptors (Lipinski definition) is 6. The third-order valence-corrected chi connectivity index (χ3v) is 2.78. The standard InChI is InChI=1S/C12H16N4O4S/c1-9(2)20-12(17)16-21(18,19)15-11-7-3-5-10(14-11)6-4-8-13/h3,5,7,9H,8,13H2,1-2H3,(H,14,15)(H,16,17). The van der Waals surface area contributed by atoms with Gasteiger partial charge >= 0.3 is 16.3 Å². The molecule has 114 valence electrons. The topological polar surface area (TPSA) is 123 Å². The highest BCUT2D eigenvalue weighted by Gasteiger charge is 2.16. The van der Waals surface area contributed by atoms with E-state index in [0.29, 0.717) is 5.69 Å². The van der Waals surface area contributed by atoms with Gasteiger partial charge in [0, 0.05) is 0 Å². The number of pyridine rings is 1. The minimum atomic E-state index is -4.13. The van der Waals surface area contributed by atoms with Crippen LogP contribution in [0.4, 0.5) is 10.6 Å². The maximum absolute atomic E-state index is 11.7. The van der Waals surface area contributed by atoms with Crippen molar-refractivity contribution in [3.8, 4) is 11.8 Å². The van der Waals surface area contributed by atoms with Gasteiger partial charge in [-0.05, 0) is 31.9 Å². The monoisotopic (exact) mass is 312 g/mol. The minimum absolute atomic E-state index is 0.0173. The predicted molar refractivity (Wildman–Crippen MR) is 77.5 cm³/mol. The summed E-state index contributed by atoms with van der Waals surface area (Å²) in [5.74, 6) is 5.28. The number of aromatic nitrogens is 1. The van der Waals surface area contributed by atoms with Crippen molar-refractivity contribution in [2.24, 2.45) is 5.73 Å². The molecule has 8 nitrogen and oxygen atoms in total. The van der Waals surface area contributed by atoms with E-state index in [9.17, 15) is 13.2 Å². The van der Waals surface area contributed by atoms with Gasteiger partial charge in [0.1, 0.15) is 11.5 Å². The average Bonchev–Trinajstić information content (AvgIpc) is 2.34. The van der Waals surface area contributed by atoms with E-state index < -0.39 is 22.4 Å². The van der Waals surface area contributed by atoms with E-state index in [-0.39, 0.29) is 12.4 Å². The lowest BCUT2D eigenvalue weighted by atomic mass is 10.3. The zero-order valence-electron chi connectivity index (χ0n) is 11.6. The summed E-state index contributed by atoms with van der Waals surface area (Å²) in [6.45, 7) is 3.36. The Labute approximate surface area is 123 Å². The minimum Gasteiger partial charge on any atom is -0.446 e. The van der Waals surface area contributed by atoms with Gasteiger partial charge in [0.15, 0.2) is 0 Å². The molecular weight excluding hydrogens is 296 g/mol. The van der Waals surface area contributed by atoms with Crippen LogP contribution >= 0.6 is 0 Å². The fourth-order valence-electron chi connectivity index (χ4n) is 1.21. The molecule has 0 radical (unpaired) electrons. The summed E-state index contributed by atoms with van der Waals surface area (Å²) in [4.78, 5) is 15.2. The quantitative estimate of drug-likeness (QED) is 0.682. The van der Waals surface area contributed by atoms with Gasteiger partial charge in [-0.3, -0.25) is 4.72 Å². The molecule has 9 heteroatoms. The molecule has 1 rings (SSSR count). The molecule has 0 unspecified atom stereocenters. The lowest BCUT2D eigenvalue weighted by Gasteiger charge is -2.11. The third-order valence-electron chi connectivity index (χ3n) is 1.87. The van der Waals surface area contributed by atoms with Crippen LogP contribution in [0.15, 0.2) is 18.2 Å². The Kier molecular flexibility index (Phi) is 5.95. The van der Waals surface area contributed by atoms with E-state index in [0.717, 1.165) is 0 Å². The number of nitrogens with one attached hydrogen (secondary N) is 2. The van der Waals surface area contributed by atoms with Crippen molar-refractivity contribution in [2.75, 3.05) is 11.3 Å². The van der Waals surface area contributed by atoms with Crippen LogP contribution in [-0.4, -0.2) is 32.1 Å². The summed E-state index contributed by atoms with van der Waals surface area (Å²) in [7, 11) is -4.13. The molecule has 0 fully saturated rings. The molecule has 21 heavy (non-hydrogen) atoms. The van der Waals surface area contributed by atoms with Crippen LogP contribution in [-0.2, 0) is 14.9 Å². The van der Waals surface area contributed by atoms with Gasteiger partial charge in [-0.25, -0.2) is 14.5 Å². The Morgan fingerprint density at radius 3 is 2.81 bits per heavy atom. The van der Waals surface area contributed by atoms with Crippen molar-refractivity contribution in [1.29, 1.82) is 0 Å². The Hall–Kier alpha value is -2.31. The van der Waals surface area contributed by atoms with Crippen LogP contribution in [0.3, 0.4) is 0 Å². The Morgan fingerprint density at radius 1 is 1.48 bits per heavy atom. The van der Waals surface area contributed by atoms with Crippen molar-refractivity contribution < 1.29 is 17.9 Å². The fourth-order valence-corrected chi connectivity index (χ4v) is 1.92. The number of nitrogens with zero attached hydrogens (tertiary/aromatic N) is 1. The van der Waals surface area contributed by atoms with Gasteiger partial charge in [0.2, 0.25) is 0 Å². The van der Waals surface area contributed by atoms with E-state index in [1.54, 1.807) is 30.7 Å². The summed E-state index contributed by atoms with van der Waals surface area (Å²) >= 11 is 0. The van der Waals surface area contributed by atoms with Crippen molar-refractivity contribution in [1.82, 2.24) is 9.71 Å². The highest BCUT2D eigenvalue weighted by molar-refractivity contribution is 7.91. The second-order valence-corrected chi connectivity index (χ2v) is 5.49. The molecule has 0 aliphatic rings. The summed E-state index contributed by atoms with van der Waals surface area (Å²) < 4.78 is 31.9. The molecule has 0 aromatic carbocycles. The summed E-state index contributed by atoms with van der Waals surface area (Å²) in [5.41, 5.74) is 5.59. The third kappa shape index (κ3) is 6.60. The van der Waals surface area contributed by atoms with Crippen LogP contribution in [0.25, 0.3) is 0 Å². The number of anilines is 1. The van der Waals surface area contributed by atoms with Gasteiger partial charge in [0.25, 0.3) is 0 Å². The molecule has 1 aromatic heterocycles. The number of hydrogen-bond donors (Lipinski definition) is 3. The van der Waals surface area contributed by atoms with E-state index in [4.69, 9.17) is 5.73 Å². The van der Waals surface area contributed by atoms with Gasteiger partial charge in [-0.2, -0.15) is 8.42 Å². The molecule has 0 aliphatic heterocycles. The lowest BCUT2D eigenvalue weighted by Crippen LogP contribution is -2.37. The molecule has 1 aromatic rings. The molecular formula is C12H16N4O4S. The summed E-state index contributed by atoms with van der Waals surface area (Å²) in [6.07, 6.45) is -1.51. The van der Waals surface area contributed by atoms with Crippen LogP contribution in [0, 0.1) is 11.8 Å². The molecule has 0 spiro atoms. The largest absolute Gasteiger partial charge is 0.446 e. The molecule has 1 amide bonds. The second-order valence-electron chi connectivity index (χ2n) is 4.08. The maximum Gasteiger partial charge on any atom is 0.422 e. The number of carbonyl (C=O) groups excluding carboxylic acids is 1. The first kappa shape index (κ1) is 16.7. The van der Waals surface area contributed by atoms with Crippen LogP contribution in [0.1, 0.15) is 19.5 Å². The van der Waals surface area contributed by atoms with Crippen molar-refractivity contribution in [3.05, 3.63) is 23.9 Å². The first-order valence-electron chi connectivity index (χ1n) is 5.99. The molecule has 0 saturated carbocycles. The predicted octanol–water partition coefficient (Wildman–Crippen LogP) is 0.183. The van der Waals surface area contributed by atoms with Gasteiger partial charge < -0.3 is 10.5 Å². The molecule has 0 atom stereocenters. The van der Waals surface area contributed by atoms with Crippen LogP contribution < -0.4 is 15.2 Å². The number of amides is 1.